The van der Waals surface area contributed by atoms with Crippen molar-refractivity contribution < 1.29 is 29.4 Å². The molecule has 0 fully saturated rings. The lowest BCUT2D eigenvalue weighted by Crippen LogP contribution is -2.58. The number of ether oxygens (including phenoxy) is 1. The molecule has 1 aliphatic heterocycles. The summed E-state index contributed by atoms with van der Waals surface area (Å²) in [6.07, 6.45) is 0.480. The number of benzene rings is 2. The number of carboxylic acids is 1. The third-order valence-electron chi connectivity index (χ3n) is 4.31. The van der Waals surface area contributed by atoms with Crippen LogP contribution in [0.1, 0.15) is 21.5 Å². The minimum atomic E-state index is -1.53. The summed E-state index contributed by atoms with van der Waals surface area (Å²) in [7, 11) is 1.40. The summed E-state index contributed by atoms with van der Waals surface area (Å²) in [6, 6.07) is 7.98. The standard InChI is InChI=1S/C17H17FN2O5/c1-25-16-9-11-6-7-19(10-12(11)8-15(16)17(21)22)20(23,24)14-4-2-13(18)3-5-14/h2-5,8-9,23-24H,6-7,10H2,1H3/p+1. The average Bonchev–Trinajstić information content (AvgIpc) is 2.60. The fourth-order valence-electron chi connectivity index (χ4n) is 2.95. The minimum absolute atomic E-state index is 0.0128. The molecule has 0 saturated heterocycles. The monoisotopic (exact) mass is 349 g/mol. The zero-order valence-corrected chi connectivity index (χ0v) is 13.5. The van der Waals surface area contributed by atoms with Gasteiger partial charge in [0.1, 0.15) is 17.1 Å². The molecule has 1 aliphatic rings. The van der Waals surface area contributed by atoms with E-state index < -0.39 is 16.7 Å². The Morgan fingerprint density at radius 1 is 1.20 bits per heavy atom. The van der Waals surface area contributed by atoms with Crippen LogP contribution in [0.4, 0.5) is 10.1 Å². The molecule has 0 unspecified atom stereocenters. The Morgan fingerprint density at radius 2 is 1.88 bits per heavy atom. The van der Waals surface area contributed by atoms with Crippen molar-refractivity contribution in [2.24, 2.45) is 0 Å². The number of halogens is 1. The second kappa shape index (κ2) is 6.41. The minimum Gasteiger partial charge on any atom is -0.496 e. The highest BCUT2D eigenvalue weighted by atomic mass is 19.1. The number of hydrogen-bond acceptors (Lipinski definition) is 5. The zero-order valence-electron chi connectivity index (χ0n) is 13.5. The van der Waals surface area contributed by atoms with Crippen LogP contribution in [0.15, 0.2) is 36.4 Å². The fourth-order valence-corrected chi connectivity index (χ4v) is 2.95. The fraction of sp³-hybridized carbons (Fsp3) is 0.235. The van der Waals surface area contributed by atoms with E-state index in [1.54, 1.807) is 6.07 Å². The molecule has 7 nitrogen and oxygen atoms in total. The van der Waals surface area contributed by atoms with Crippen LogP contribution in [0.3, 0.4) is 0 Å². The number of methoxy groups -OCH3 is 1. The molecule has 0 saturated carbocycles. The highest BCUT2D eigenvalue weighted by Gasteiger charge is 2.39. The Balaban J connectivity index is 1.93. The molecule has 0 atom stereocenters. The molecule has 0 spiro atoms. The highest BCUT2D eigenvalue weighted by molar-refractivity contribution is 5.91. The van der Waals surface area contributed by atoms with E-state index >= 15 is 0 Å². The number of fused-ring (bicyclic) bond motifs is 1. The van der Waals surface area contributed by atoms with Gasteiger partial charge >= 0.3 is 5.97 Å². The molecule has 0 amide bonds. The number of nitrogens with zero attached hydrogens (tertiary/aromatic N) is 2. The Kier molecular flexibility index (Phi) is 4.44. The maximum absolute atomic E-state index is 13.1. The van der Waals surface area contributed by atoms with Gasteiger partial charge in [-0.3, -0.25) is 0 Å². The van der Waals surface area contributed by atoms with Crippen molar-refractivity contribution in [3.63, 3.8) is 0 Å². The largest absolute Gasteiger partial charge is 0.496 e. The van der Waals surface area contributed by atoms with Gasteiger partial charge in [0.2, 0.25) is 5.69 Å². The SMILES string of the molecule is COc1cc2c(cc1C(=O)O)CN([N+](O)(O)c1ccc(F)cc1)CC2. The summed E-state index contributed by atoms with van der Waals surface area (Å²) in [5.74, 6) is -1.33. The van der Waals surface area contributed by atoms with E-state index in [9.17, 15) is 24.7 Å². The van der Waals surface area contributed by atoms with E-state index in [-0.39, 0.29) is 23.5 Å². The van der Waals surface area contributed by atoms with Gasteiger partial charge in [-0.25, -0.2) is 9.18 Å². The topological polar surface area (TPSA) is 90.2 Å². The normalized spacial score (nSPS) is 14.9. The van der Waals surface area contributed by atoms with Crippen LogP contribution < -0.4 is 9.66 Å². The molecule has 0 aromatic heterocycles. The molecule has 132 valence electrons. The lowest BCUT2D eigenvalue weighted by atomic mass is 9.97. The van der Waals surface area contributed by atoms with E-state index in [0.29, 0.717) is 18.5 Å². The van der Waals surface area contributed by atoms with Crippen LogP contribution in [0, 0.1) is 5.82 Å². The molecular formula is C17H18FN2O5+. The second-order valence-corrected chi connectivity index (χ2v) is 5.81. The Hall–Kier alpha value is -2.52. The summed E-state index contributed by atoms with van der Waals surface area (Å²) < 4.78 is 18.2. The summed E-state index contributed by atoms with van der Waals surface area (Å²) in [6.45, 7) is 0.428. The predicted molar refractivity (Wildman–Crippen MR) is 85.8 cm³/mol. The van der Waals surface area contributed by atoms with Crippen LogP contribution in [0.25, 0.3) is 0 Å². The van der Waals surface area contributed by atoms with Gasteiger partial charge in [-0.15, -0.1) is 0 Å². The lowest BCUT2D eigenvalue weighted by molar-refractivity contribution is -0.404. The quantitative estimate of drug-likeness (QED) is 0.581. The molecule has 3 N–H and O–H groups in total. The first kappa shape index (κ1) is 17.3. The van der Waals surface area contributed by atoms with Crippen molar-refractivity contribution in [3.05, 3.63) is 58.9 Å². The third-order valence-corrected chi connectivity index (χ3v) is 4.31. The number of aromatic carboxylic acids is 1. The molecule has 0 aliphatic carbocycles. The van der Waals surface area contributed by atoms with Crippen molar-refractivity contribution in [2.45, 2.75) is 13.0 Å². The average molecular weight is 349 g/mol. The summed E-state index contributed by atoms with van der Waals surface area (Å²) in [5, 5.41) is 31.6. The van der Waals surface area contributed by atoms with Crippen molar-refractivity contribution >= 4 is 11.7 Å². The van der Waals surface area contributed by atoms with Crippen LogP contribution in [-0.2, 0) is 13.0 Å². The van der Waals surface area contributed by atoms with Crippen molar-refractivity contribution in [1.82, 2.24) is 9.93 Å². The molecule has 2 aromatic rings. The second-order valence-electron chi connectivity index (χ2n) is 5.81. The van der Waals surface area contributed by atoms with E-state index in [1.165, 1.54) is 30.3 Å². The summed E-state index contributed by atoms with van der Waals surface area (Å²) in [5.41, 5.74) is 1.64. The summed E-state index contributed by atoms with van der Waals surface area (Å²) >= 11 is 0. The van der Waals surface area contributed by atoms with Crippen LogP contribution >= 0.6 is 0 Å². The van der Waals surface area contributed by atoms with E-state index in [1.807, 2.05) is 0 Å². The summed E-state index contributed by atoms with van der Waals surface area (Å²) in [4.78, 5) is 9.83. The van der Waals surface area contributed by atoms with Crippen LogP contribution in [0.2, 0.25) is 0 Å². The first-order valence-electron chi connectivity index (χ1n) is 7.62. The van der Waals surface area contributed by atoms with Gasteiger partial charge in [-0.1, -0.05) is 5.01 Å². The zero-order chi connectivity index (χ0) is 18.2. The number of carboxylic acid groups (broad SMARTS) is 1. The number of rotatable bonds is 4. The van der Waals surface area contributed by atoms with Gasteiger partial charge in [0.15, 0.2) is 0 Å². The van der Waals surface area contributed by atoms with Crippen molar-refractivity contribution in [3.8, 4) is 5.75 Å². The molecule has 2 aromatic carbocycles. The Morgan fingerprint density at radius 3 is 2.48 bits per heavy atom. The third kappa shape index (κ3) is 3.20. The molecule has 0 bridgehead atoms. The van der Waals surface area contributed by atoms with Crippen LogP contribution in [0.5, 0.6) is 5.75 Å². The van der Waals surface area contributed by atoms with Gasteiger partial charge in [-0.05, 0) is 41.8 Å². The van der Waals surface area contributed by atoms with Gasteiger partial charge in [0, 0.05) is 12.1 Å². The number of quaternary nitrogens is 1. The van der Waals surface area contributed by atoms with Crippen LogP contribution in [-0.4, -0.2) is 40.2 Å². The van der Waals surface area contributed by atoms with E-state index in [0.717, 1.165) is 17.7 Å². The molecule has 8 heteroatoms. The molecule has 1 heterocycles. The highest BCUT2D eigenvalue weighted by Crippen LogP contribution is 2.31. The Labute approximate surface area is 143 Å². The maximum atomic E-state index is 13.1. The van der Waals surface area contributed by atoms with Gasteiger partial charge in [0.25, 0.3) is 0 Å². The van der Waals surface area contributed by atoms with E-state index in [2.05, 4.69) is 0 Å². The first-order valence-corrected chi connectivity index (χ1v) is 7.62. The van der Waals surface area contributed by atoms with Crippen molar-refractivity contribution in [2.75, 3.05) is 13.7 Å². The maximum Gasteiger partial charge on any atom is 0.339 e. The number of hydrogen-bond donors (Lipinski definition) is 3. The van der Waals surface area contributed by atoms with E-state index in [4.69, 9.17) is 4.74 Å². The van der Waals surface area contributed by atoms with Gasteiger partial charge in [0.05, 0.1) is 25.1 Å². The van der Waals surface area contributed by atoms with Gasteiger partial charge in [-0.2, -0.15) is 10.4 Å². The number of carbonyl (C=O) groups is 1. The van der Waals surface area contributed by atoms with Crippen molar-refractivity contribution in [1.29, 1.82) is 0 Å². The molecule has 3 rings (SSSR count). The molecule has 0 radical (unpaired) electrons. The first-order chi connectivity index (χ1) is 11.8. The smallest absolute Gasteiger partial charge is 0.339 e. The Bertz CT molecular complexity index is 807. The molecular weight excluding hydrogens is 331 g/mol. The lowest BCUT2D eigenvalue weighted by Gasteiger charge is -2.35. The van der Waals surface area contributed by atoms with Gasteiger partial charge < -0.3 is 9.84 Å². The molecule has 25 heavy (non-hydrogen) atoms. The predicted octanol–water partition coefficient (Wildman–Crippen LogP) is 2.59.